The second-order valence-electron chi connectivity index (χ2n) is 5.72. The number of carbonyl (C=O) groups is 3. The number of benzene rings is 1. The predicted octanol–water partition coefficient (Wildman–Crippen LogP) is 1.82. The number of rotatable bonds is 7. The first-order valence-corrected chi connectivity index (χ1v) is 8.94. The Morgan fingerprint density at radius 1 is 1.30 bits per heavy atom. The van der Waals surface area contributed by atoms with Gasteiger partial charge >= 0.3 is 5.97 Å². The summed E-state index contributed by atoms with van der Waals surface area (Å²) in [5.74, 6) is -0.807. The number of amides is 2. The minimum atomic E-state index is -0.602. The van der Waals surface area contributed by atoms with E-state index in [0.717, 1.165) is 10.2 Å². The molecule has 0 aliphatic rings. The third-order valence-electron chi connectivity index (χ3n) is 3.74. The number of likely N-dealkylation sites (N-methyl/N-ethyl adjacent to an activating group) is 1. The Morgan fingerprint density at radius 3 is 2.93 bits per heavy atom. The van der Waals surface area contributed by atoms with Crippen molar-refractivity contribution < 1.29 is 23.5 Å². The van der Waals surface area contributed by atoms with E-state index in [0.29, 0.717) is 11.3 Å². The van der Waals surface area contributed by atoms with Gasteiger partial charge in [-0.25, -0.2) is 9.78 Å². The molecule has 1 aromatic carbocycles. The van der Waals surface area contributed by atoms with Crippen molar-refractivity contribution in [2.24, 2.45) is 0 Å². The van der Waals surface area contributed by atoms with Gasteiger partial charge in [0.05, 0.1) is 40.6 Å². The van der Waals surface area contributed by atoms with Gasteiger partial charge in [-0.05, 0) is 30.3 Å². The third-order valence-corrected chi connectivity index (χ3v) is 4.53. The highest BCUT2D eigenvalue weighted by Gasteiger charge is 2.16. The maximum Gasteiger partial charge on any atom is 0.338 e. The Bertz CT molecular complexity index is 951. The predicted molar refractivity (Wildman–Crippen MR) is 98.1 cm³/mol. The maximum absolute atomic E-state index is 12.1. The van der Waals surface area contributed by atoms with Gasteiger partial charge < -0.3 is 19.4 Å². The number of hydrogen-bond acceptors (Lipinski definition) is 7. The van der Waals surface area contributed by atoms with Gasteiger partial charge in [0.25, 0.3) is 5.91 Å². The third kappa shape index (κ3) is 4.91. The summed E-state index contributed by atoms with van der Waals surface area (Å²) >= 11 is 1.41. The average Bonchev–Trinajstić information content (AvgIpc) is 3.34. The molecule has 27 heavy (non-hydrogen) atoms. The van der Waals surface area contributed by atoms with E-state index in [-0.39, 0.29) is 19.0 Å². The van der Waals surface area contributed by atoms with Crippen LogP contribution in [-0.4, -0.2) is 47.9 Å². The molecule has 0 bridgehead atoms. The van der Waals surface area contributed by atoms with Crippen molar-refractivity contribution in [1.82, 2.24) is 15.2 Å². The van der Waals surface area contributed by atoms with Crippen molar-refractivity contribution in [1.29, 1.82) is 0 Å². The monoisotopic (exact) mass is 387 g/mol. The van der Waals surface area contributed by atoms with Crippen molar-refractivity contribution in [3.8, 4) is 0 Å². The molecular formula is C18H17N3O5S. The molecule has 0 aliphatic heterocycles. The first-order valence-electron chi connectivity index (χ1n) is 8.06. The first-order chi connectivity index (χ1) is 13.0. The number of carbonyl (C=O) groups excluding carboxylic acids is 3. The van der Waals surface area contributed by atoms with Crippen LogP contribution in [0.3, 0.4) is 0 Å². The molecule has 9 heteroatoms. The van der Waals surface area contributed by atoms with E-state index >= 15 is 0 Å². The Labute approximate surface area is 158 Å². The van der Waals surface area contributed by atoms with Gasteiger partial charge in [-0.1, -0.05) is 0 Å². The smallest absolute Gasteiger partial charge is 0.338 e. The fraction of sp³-hybridized carbons (Fsp3) is 0.222. The van der Waals surface area contributed by atoms with Crippen molar-refractivity contribution in [2.45, 2.75) is 6.54 Å². The zero-order valence-electron chi connectivity index (χ0n) is 14.5. The molecule has 0 spiro atoms. The zero-order valence-corrected chi connectivity index (χ0v) is 15.3. The quantitative estimate of drug-likeness (QED) is 0.621. The summed E-state index contributed by atoms with van der Waals surface area (Å²) < 4.78 is 11.0. The van der Waals surface area contributed by atoms with Crippen LogP contribution in [0, 0.1) is 0 Å². The van der Waals surface area contributed by atoms with Crippen LogP contribution in [0.15, 0.2) is 46.5 Å². The summed E-state index contributed by atoms with van der Waals surface area (Å²) in [6.45, 7) is -0.353. The molecule has 0 atom stereocenters. The van der Waals surface area contributed by atoms with Gasteiger partial charge in [-0.3, -0.25) is 9.59 Å². The molecule has 2 heterocycles. The molecule has 8 nitrogen and oxygen atoms in total. The van der Waals surface area contributed by atoms with Crippen LogP contribution in [0.2, 0.25) is 0 Å². The minimum absolute atomic E-state index is 0.149. The number of aromatic nitrogens is 1. The lowest BCUT2D eigenvalue weighted by atomic mass is 10.2. The Kier molecular flexibility index (Phi) is 5.82. The van der Waals surface area contributed by atoms with Crippen LogP contribution in [0.5, 0.6) is 0 Å². The van der Waals surface area contributed by atoms with Gasteiger partial charge in [0.1, 0.15) is 5.76 Å². The van der Waals surface area contributed by atoms with Crippen molar-refractivity contribution in [3.63, 3.8) is 0 Å². The summed E-state index contributed by atoms with van der Waals surface area (Å²) in [6.07, 6.45) is 1.51. The Morgan fingerprint density at radius 2 is 2.15 bits per heavy atom. The lowest BCUT2D eigenvalue weighted by molar-refractivity contribution is -0.137. The second kappa shape index (κ2) is 8.45. The fourth-order valence-electron chi connectivity index (χ4n) is 2.26. The fourth-order valence-corrected chi connectivity index (χ4v) is 2.98. The molecule has 0 radical (unpaired) electrons. The highest BCUT2D eigenvalue weighted by Crippen LogP contribution is 2.19. The summed E-state index contributed by atoms with van der Waals surface area (Å²) in [4.78, 5) is 41.3. The number of esters is 1. The summed E-state index contributed by atoms with van der Waals surface area (Å²) in [5, 5.41) is 2.64. The van der Waals surface area contributed by atoms with E-state index < -0.39 is 18.5 Å². The van der Waals surface area contributed by atoms with Gasteiger partial charge in [-0.2, -0.15) is 0 Å². The number of nitrogens with zero attached hydrogens (tertiary/aromatic N) is 2. The highest BCUT2D eigenvalue weighted by atomic mass is 32.1. The molecule has 3 aromatic rings. The average molecular weight is 387 g/mol. The van der Waals surface area contributed by atoms with Crippen LogP contribution in [0.25, 0.3) is 10.2 Å². The van der Waals surface area contributed by atoms with Gasteiger partial charge in [0.15, 0.2) is 6.61 Å². The zero-order chi connectivity index (χ0) is 19.2. The molecule has 0 saturated heterocycles. The molecular weight excluding hydrogens is 370 g/mol. The Hall–Kier alpha value is -3.20. The van der Waals surface area contributed by atoms with Crippen LogP contribution >= 0.6 is 11.3 Å². The van der Waals surface area contributed by atoms with Gasteiger partial charge in [0.2, 0.25) is 5.91 Å². The standard InChI is InChI=1S/C18H17N3O5S/c1-21(9-16(22)19-8-13-3-2-6-25-13)17(23)10-26-18(24)12-4-5-14-15(7-12)27-11-20-14/h2-7,11H,8-10H2,1H3,(H,19,22). The minimum Gasteiger partial charge on any atom is -0.467 e. The van der Waals surface area contributed by atoms with Crippen LogP contribution in [-0.2, 0) is 20.9 Å². The van der Waals surface area contributed by atoms with Crippen molar-refractivity contribution in [3.05, 3.63) is 53.4 Å². The number of ether oxygens (including phenoxy) is 1. The molecule has 2 aromatic heterocycles. The van der Waals surface area contributed by atoms with Crippen LogP contribution in [0.4, 0.5) is 0 Å². The first kappa shape index (κ1) is 18.6. The van der Waals surface area contributed by atoms with E-state index in [1.165, 1.54) is 29.5 Å². The molecule has 2 amide bonds. The van der Waals surface area contributed by atoms with Crippen LogP contribution in [0.1, 0.15) is 16.1 Å². The maximum atomic E-state index is 12.1. The molecule has 0 fully saturated rings. The summed E-state index contributed by atoms with van der Waals surface area (Å²) in [7, 11) is 1.46. The lowest BCUT2D eigenvalue weighted by Gasteiger charge is -2.16. The van der Waals surface area contributed by atoms with E-state index in [1.54, 1.807) is 35.8 Å². The van der Waals surface area contributed by atoms with E-state index in [2.05, 4.69) is 10.3 Å². The van der Waals surface area contributed by atoms with Gasteiger partial charge in [0, 0.05) is 7.05 Å². The van der Waals surface area contributed by atoms with Gasteiger partial charge in [-0.15, -0.1) is 11.3 Å². The molecule has 0 aliphatic carbocycles. The van der Waals surface area contributed by atoms with Crippen molar-refractivity contribution in [2.75, 3.05) is 20.2 Å². The van der Waals surface area contributed by atoms with E-state index in [9.17, 15) is 14.4 Å². The number of thiazole rings is 1. The number of fused-ring (bicyclic) bond motifs is 1. The SMILES string of the molecule is CN(CC(=O)NCc1ccco1)C(=O)COC(=O)c1ccc2ncsc2c1. The van der Waals surface area contributed by atoms with E-state index in [1.807, 2.05) is 0 Å². The number of nitrogens with one attached hydrogen (secondary N) is 1. The molecule has 3 rings (SSSR count). The van der Waals surface area contributed by atoms with Crippen LogP contribution < -0.4 is 5.32 Å². The normalized spacial score (nSPS) is 10.6. The topological polar surface area (TPSA) is 102 Å². The molecule has 1 N–H and O–H groups in total. The molecule has 0 unspecified atom stereocenters. The largest absolute Gasteiger partial charge is 0.467 e. The molecule has 0 saturated carbocycles. The summed E-state index contributed by atoms with van der Waals surface area (Å²) in [5.41, 5.74) is 2.83. The number of hydrogen-bond donors (Lipinski definition) is 1. The molecule has 140 valence electrons. The van der Waals surface area contributed by atoms with E-state index in [4.69, 9.17) is 9.15 Å². The Balaban J connectivity index is 1.44. The highest BCUT2D eigenvalue weighted by molar-refractivity contribution is 7.16. The lowest BCUT2D eigenvalue weighted by Crippen LogP contribution is -2.39. The second-order valence-corrected chi connectivity index (χ2v) is 6.60. The van der Waals surface area contributed by atoms with Crippen molar-refractivity contribution >= 4 is 39.3 Å². The number of furan rings is 1. The summed E-state index contributed by atoms with van der Waals surface area (Å²) in [6, 6.07) is 8.45.